The van der Waals surface area contributed by atoms with Crippen LogP contribution in [0.15, 0.2) is 11.6 Å². The number of nitrogens with zero attached hydrogens (tertiary/aromatic N) is 2. The van der Waals surface area contributed by atoms with Gasteiger partial charge in [-0.25, -0.2) is 9.97 Å². The van der Waals surface area contributed by atoms with E-state index >= 15 is 0 Å². The number of rotatable bonds is 7. The Morgan fingerprint density at radius 1 is 1.55 bits per heavy atom. The van der Waals surface area contributed by atoms with Crippen molar-refractivity contribution < 1.29 is 9.53 Å². The lowest BCUT2D eigenvalue weighted by atomic mass is 10.4. The highest BCUT2D eigenvalue weighted by Crippen LogP contribution is 2.24. The van der Waals surface area contributed by atoms with Crippen LogP contribution in [-0.2, 0) is 11.3 Å². The van der Waals surface area contributed by atoms with Crippen molar-refractivity contribution in [2.45, 2.75) is 6.54 Å². The topological polar surface area (TPSA) is 102 Å². The number of aromatic nitrogens is 2. The summed E-state index contributed by atoms with van der Waals surface area (Å²) in [6.45, 7) is 1.56. The van der Waals surface area contributed by atoms with E-state index in [9.17, 15) is 4.79 Å². The van der Waals surface area contributed by atoms with Crippen molar-refractivity contribution in [1.82, 2.24) is 15.3 Å². The van der Waals surface area contributed by atoms with Gasteiger partial charge in [0.1, 0.15) is 15.7 Å². The van der Waals surface area contributed by atoms with Crippen molar-refractivity contribution in [3.8, 4) is 0 Å². The van der Waals surface area contributed by atoms with Crippen LogP contribution in [0.1, 0.15) is 14.7 Å². The third-order valence-corrected chi connectivity index (χ3v) is 4.13. The lowest BCUT2D eigenvalue weighted by Gasteiger charge is -2.01. The number of nitrogens with one attached hydrogen (secondary N) is 2. The van der Waals surface area contributed by atoms with Crippen molar-refractivity contribution >= 4 is 39.5 Å². The van der Waals surface area contributed by atoms with Crippen LogP contribution in [-0.4, -0.2) is 36.1 Å². The third-order valence-electron chi connectivity index (χ3n) is 2.33. The second-order valence-electron chi connectivity index (χ2n) is 3.76. The van der Waals surface area contributed by atoms with Gasteiger partial charge in [-0.1, -0.05) is 11.3 Å². The fourth-order valence-corrected chi connectivity index (χ4v) is 2.79. The predicted molar refractivity (Wildman–Crippen MR) is 80.2 cm³/mol. The number of amides is 1. The van der Waals surface area contributed by atoms with Crippen LogP contribution < -0.4 is 16.4 Å². The van der Waals surface area contributed by atoms with Crippen molar-refractivity contribution in [1.29, 1.82) is 0 Å². The first-order valence-corrected chi connectivity index (χ1v) is 7.56. The number of hydrogen-bond donors (Lipinski definition) is 3. The number of carbonyl (C=O) groups is 1. The molecule has 0 radical (unpaired) electrons. The second kappa shape index (κ2) is 7.17. The van der Waals surface area contributed by atoms with Gasteiger partial charge in [0.15, 0.2) is 5.13 Å². The maximum absolute atomic E-state index is 12.0. The molecule has 108 valence electrons. The Bertz CT molecular complexity index is 555. The van der Waals surface area contributed by atoms with Gasteiger partial charge in [-0.05, 0) is 0 Å². The first kappa shape index (κ1) is 14.7. The van der Waals surface area contributed by atoms with Crippen LogP contribution in [0.2, 0.25) is 0 Å². The molecule has 0 aromatic carbocycles. The molecule has 0 aliphatic carbocycles. The Kier molecular flexibility index (Phi) is 5.27. The molecular formula is C11H15N5O2S2. The average molecular weight is 313 g/mol. The summed E-state index contributed by atoms with van der Waals surface area (Å²) in [5.41, 5.74) is 5.75. The Morgan fingerprint density at radius 3 is 3.10 bits per heavy atom. The summed E-state index contributed by atoms with van der Waals surface area (Å²) in [5, 5.41) is 9.13. The molecule has 20 heavy (non-hydrogen) atoms. The first-order chi connectivity index (χ1) is 9.70. The summed E-state index contributed by atoms with van der Waals surface area (Å²) < 4.78 is 4.93. The zero-order valence-electron chi connectivity index (χ0n) is 10.9. The van der Waals surface area contributed by atoms with E-state index in [1.165, 1.54) is 22.7 Å². The summed E-state index contributed by atoms with van der Waals surface area (Å²) in [6.07, 6.45) is 1.70. The maximum Gasteiger partial charge on any atom is 0.265 e. The molecule has 0 saturated carbocycles. The standard InChI is InChI=1S/C11H15N5O2S2/c1-18-4-2-14-11-16-9(12)8(20-11)10(17)15-6-7-13-3-5-19-7/h3,5H,2,4,6,12H2,1H3,(H,14,16)(H,15,17). The zero-order chi connectivity index (χ0) is 14.4. The molecule has 0 spiro atoms. The SMILES string of the molecule is COCCNc1nc(N)c(C(=O)NCc2nccs2)s1. The van der Waals surface area contributed by atoms with Gasteiger partial charge in [0.25, 0.3) is 5.91 Å². The fraction of sp³-hybridized carbons (Fsp3) is 0.364. The van der Waals surface area contributed by atoms with E-state index in [1.807, 2.05) is 5.38 Å². The van der Waals surface area contributed by atoms with E-state index in [1.54, 1.807) is 13.3 Å². The highest BCUT2D eigenvalue weighted by Gasteiger charge is 2.16. The summed E-state index contributed by atoms with van der Waals surface area (Å²) in [7, 11) is 1.62. The summed E-state index contributed by atoms with van der Waals surface area (Å²) in [5.74, 6) is -0.0125. The smallest absolute Gasteiger partial charge is 0.265 e. The Balaban J connectivity index is 1.92. The molecule has 9 heteroatoms. The molecule has 2 aromatic rings. The quantitative estimate of drug-likeness (QED) is 0.663. The monoisotopic (exact) mass is 313 g/mol. The van der Waals surface area contributed by atoms with Crippen molar-refractivity contribution in [2.75, 3.05) is 31.3 Å². The van der Waals surface area contributed by atoms with Gasteiger partial charge in [-0.15, -0.1) is 11.3 Å². The second-order valence-corrected chi connectivity index (χ2v) is 5.74. The van der Waals surface area contributed by atoms with Crippen LogP contribution >= 0.6 is 22.7 Å². The number of nitrogens with two attached hydrogens (primary N) is 1. The number of hydrogen-bond acceptors (Lipinski definition) is 8. The minimum absolute atomic E-state index is 0.228. The molecule has 0 atom stereocenters. The van der Waals surface area contributed by atoms with Gasteiger partial charge in [-0.2, -0.15) is 0 Å². The van der Waals surface area contributed by atoms with Crippen molar-refractivity contribution in [2.24, 2.45) is 0 Å². The highest BCUT2D eigenvalue weighted by molar-refractivity contribution is 7.18. The number of carbonyl (C=O) groups excluding carboxylic acids is 1. The van der Waals surface area contributed by atoms with Gasteiger partial charge in [0.05, 0.1) is 13.2 Å². The first-order valence-electron chi connectivity index (χ1n) is 5.86. The predicted octanol–water partition coefficient (Wildman–Crippen LogP) is 1.17. The van der Waals surface area contributed by atoms with Crippen LogP contribution in [0.25, 0.3) is 0 Å². The highest BCUT2D eigenvalue weighted by atomic mass is 32.1. The summed E-state index contributed by atoms with van der Waals surface area (Å²) >= 11 is 2.71. The molecule has 0 saturated heterocycles. The molecule has 0 bridgehead atoms. The molecule has 0 unspecified atom stereocenters. The lowest BCUT2D eigenvalue weighted by molar-refractivity contribution is 0.0955. The van der Waals surface area contributed by atoms with Crippen LogP contribution in [0, 0.1) is 0 Å². The Hall–Kier alpha value is -1.71. The molecule has 2 heterocycles. The summed E-state index contributed by atoms with van der Waals surface area (Å²) in [6, 6.07) is 0. The Labute approximate surface area is 124 Å². The molecule has 0 aliphatic heterocycles. The lowest BCUT2D eigenvalue weighted by Crippen LogP contribution is -2.22. The zero-order valence-corrected chi connectivity index (χ0v) is 12.5. The van der Waals surface area contributed by atoms with Gasteiger partial charge >= 0.3 is 0 Å². The van der Waals surface area contributed by atoms with Crippen molar-refractivity contribution in [3.63, 3.8) is 0 Å². The Morgan fingerprint density at radius 2 is 2.40 bits per heavy atom. The fourth-order valence-electron chi connectivity index (χ4n) is 1.41. The number of anilines is 2. The van der Waals surface area contributed by atoms with Crippen LogP contribution in [0.3, 0.4) is 0 Å². The van der Waals surface area contributed by atoms with E-state index < -0.39 is 0 Å². The molecule has 1 amide bonds. The van der Waals surface area contributed by atoms with E-state index in [4.69, 9.17) is 10.5 Å². The molecule has 0 fully saturated rings. The number of nitrogen functional groups attached to an aromatic ring is 1. The van der Waals surface area contributed by atoms with E-state index in [0.29, 0.717) is 29.7 Å². The molecule has 0 aliphatic rings. The number of thiazole rings is 2. The van der Waals surface area contributed by atoms with Crippen LogP contribution in [0.5, 0.6) is 0 Å². The summed E-state index contributed by atoms with van der Waals surface area (Å²) in [4.78, 5) is 20.6. The van der Waals surface area contributed by atoms with Gasteiger partial charge in [0, 0.05) is 25.2 Å². The molecule has 2 aromatic heterocycles. The largest absolute Gasteiger partial charge is 0.383 e. The minimum atomic E-state index is -0.241. The number of ether oxygens (including phenoxy) is 1. The maximum atomic E-state index is 12.0. The number of methoxy groups -OCH3 is 1. The van der Waals surface area contributed by atoms with Gasteiger partial charge in [0.2, 0.25) is 0 Å². The van der Waals surface area contributed by atoms with Crippen molar-refractivity contribution in [3.05, 3.63) is 21.5 Å². The normalized spacial score (nSPS) is 10.4. The van der Waals surface area contributed by atoms with Crippen LogP contribution in [0.4, 0.5) is 10.9 Å². The van der Waals surface area contributed by atoms with Gasteiger partial charge in [-0.3, -0.25) is 4.79 Å². The molecule has 4 N–H and O–H groups in total. The van der Waals surface area contributed by atoms with E-state index in [2.05, 4.69) is 20.6 Å². The molecular weight excluding hydrogens is 298 g/mol. The third kappa shape index (κ3) is 3.89. The average Bonchev–Trinajstić information content (AvgIpc) is 3.06. The van der Waals surface area contributed by atoms with E-state index in [-0.39, 0.29) is 11.7 Å². The molecule has 2 rings (SSSR count). The minimum Gasteiger partial charge on any atom is -0.383 e. The van der Waals surface area contributed by atoms with E-state index in [0.717, 1.165) is 5.01 Å². The molecule has 7 nitrogen and oxygen atoms in total. The van der Waals surface area contributed by atoms with Gasteiger partial charge < -0.3 is 21.1 Å².